The molecule has 0 aliphatic carbocycles. The zero-order valence-corrected chi connectivity index (χ0v) is 13.2. The van der Waals surface area contributed by atoms with Crippen molar-refractivity contribution in [1.29, 1.82) is 0 Å². The Labute approximate surface area is 126 Å². The molecule has 0 saturated carbocycles. The average Bonchev–Trinajstić information content (AvgIpc) is 2.35. The third-order valence-electron chi connectivity index (χ3n) is 3.17. The summed E-state index contributed by atoms with van der Waals surface area (Å²) >= 11 is 3.34. The number of halogens is 1. The maximum Gasteiger partial charge on any atom is 0.337 e. The third kappa shape index (κ3) is 3.80. The zero-order chi connectivity index (χ0) is 15.6. The van der Waals surface area contributed by atoms with Gasteiger partial charge in [0.1, 0.15) is 0 Å². The first-order valence-electron chi connectivity index (χ1n) is 6.07. The Morgan fingerprint density at radius 3 is 2.40 bits per heavy atom. The molecule has 1 atom stereocenters. The standard InChI is InChI=1S/C14H18BrNO4/c1-13(2,9-5-4-6-10(15)7-9)11(17)16-8-14(3,20)12(18)19/h4-7,20H,8H2,1-3H3,(H,16,17)(H,18,19). The highest BCUT2D eigenvalue weighted by Gasteiger charge is 2.34. The van der Waals surface area contributed by atoms with Crippen molar-refractivity contribution in [3.63, 3.8) is 0 Å². The molecule has 0 aliphatic rings. The molecule has 0 aliphatic heterocycles. The lowest BCUT2D eigenvalue weighted by Gasteiger charge is -2.26. The minimum atomic E-state index is -1.98. The van der Waals surface area contributed by atoms with E-state index in [-0.39, 0.29) is 12.5 Å². The van der Waals surface area contributed by atoms with E-state index in [1.54, 1.807) is 13.8 Å². The van der Waals surface area contributed by atoms with Crippen LogP contribution in [0.2, 0.25) is 0 Å². The number of aliphatic carboxylic acids is 1. The lowest BCUT2D eigenvalue weighted by molar-refractivity contribution is -0.156. The quantitative estimate of drug-likeness (QED) is 0.759. The highest BCUT2D eigenvalue weighted by Crippen LogP contribution is 2.26. The summed E-state index contributed by atoms with van der Waals surface area (Å²) < 4.78 is 0.855. The van der Waals surface area contributed by atoms with Crippen LogP contribution < -0.4 is 5.32 Å². The number of benzene rings is 1. The largest absolute Gasteiger partial charge is 0.479 e. The molecule has 3 N–H and O–H groups in total. The summed E-state index contributed by atoms with van der Waals surface area (Å²) in [5.41, 5.74) is -2.03. The van der Waals surface area contributed by atoms with Crippen LogP contribution in [0.3, 0.4) is 0 Å². The van der Waals surface area contributed by atoms with Gasteiger partial charge in [-0.1, -0.05) is 28.1 Å². The van der Waals surface area contributed by atoms with Crippen LogP contribution in [0.5, 0.6) is 0 Å². The van der Waals surface area contributed by atoms with Gasteiger partial charge in [0, 0.05) is 4.47 Å². The number of carboxylic acids is 1. The van der Waals surface area contributed by atoms with Crippen molar-refractivity contribution >= 4 is 27.8 Å². The Morgan fingerprint density at radius 2 is 1.90 bits per heavy atom. The molecule has 1 amide bonds. The molecule has 0 bridgehead atoms. The minimum Gasteiger partial charge on any atom is -0.479 e. The summed E-state index contributed by atoms with van der Waals surface area (Å²) in [5.74, 6) is -1.73. The van der Waals surface area contributed by atoms with Crippen molar-refractivity contribution in [3.05, 3.63) is 34.3 Å². The molecule has 0 spiro atoms. The molecule has 110 valence electrons. The van der Waals surface area contributed by atoms with Gasteiger partial charge in [0.2, 0.25) is 5.91 Å². The van der Waals surface area contributed by atoms with Gasteiger partial charge >= 0.3 is 5.97 Å². The van der Waals surface area contributed by atoms with E-state index in [9.17, 15) is 14.7 Å². The van der Waals surface area contributed by atoms with Crippen LogP contribution in [0.25, 0.3) is 0 Å². The smallest absolute Gasteiger partial charge is 0.337 e. The van der Waals surface area contributed by atoms with Gasteiger partial charge in [-0.2, -0.15) is 0 Å². The number of nitrogens with one attached hydrogen (secondary N) is 1. The Kier molecular flexibility index (Phi) is 4.94. The molecule has 1 aromatic carbocycles. The number of amides is 1. The highest BCUT2D eigenvalue weighted by molar-refractivity contribution is 9.10. The molecule has 0 heterocycles. The number of carboxylic acid groups (broad SMARTS) is 1. The van der Waals surface area contributed by atoms with Crippen molar-refractivity contribution in [2.75, 3.05) is 6.54 Å². The van der Waals surface area contributed by atoms with Gasteiger partial charge in [0.15, 0.2) is 5.60 Å². The molecule has 0 saturated heterocycles. The Bertz CT molecular complexity index is 526. The van der Waals surface area contributed by atoms with Crippen molar-refractivity contribution in [2.45, 2.75) is 31.8 Å². The van der Waals surface area contributed by atoms with Gasteiger partial charge in [0.05, 0.1) is 12.0 Å². The van der Waals surface area contributed by atoms with Crippen molar-refractivity contribution in [3.8, 4) is 0 Å². The normalized spacial score (nSPS) is 14.4. The Morgan fingerprint density at radius 1 is 1.30 bits per heavy atom. The summed E-state index contributed by atoms with van der Waals surface area (Å²) in [6, 6.07) is 7.32. The second kappa shape index (κ2) is 5.93. The summed E-state index contributed by atoms with van der Waals surface area (Å²) in [7, 11) is 0. The second-order valence-corrected chi connectivity index (χ2v) is 6.31. The molecule has 0 fully saturated rings. The predicted octanol–water partition coefficient (Wildman–Crippen LogP) is 1.68. The molecular formula is C14H18BrNO4. The fourth-order valence-corrected chi connectivity index (χ4v) is 1.96. The second-order valence-electron chi connectivity index (χ2n) is 5.40. The third-order valence-corrected chi connectivity index (χ3v) is 3.66. The van der Waals surface area contributed by atoms with Gasteiger partial charge in [-0.15, -0.1) is 0 Å². The van der Waals surface area contributed by atoms with Gasteiger partial charge in [-0.25, -0.2) is 4.79 Å². The molecule has 1 rings (SSSR count). The maximum absolute atomic E-state index is 12.2. The van der Waals surface area contributed by atoms with E-state index < -0.39 is 17.0 Å². The molecular weight excluding hydrogens is 326 g/mol. The van der Waals surface area contributed by atoms with Crippen LogP contribution in [0.1, 0.15) is 26.3 Å². The summed E-state index contributed by atoms with van der Waals surface area (Å²) in [6.45, 7) is 4.26. The monoisotopic (exact) mass is 343 g/mol. The minimum absolute atomic E-state index is 0.349. The first kappa shape index (κ1) is 16.7. The molecule has 5 nitrogen and oxygen atoms in total. The lowest BCUT2D eigenvalue weighted by Crippen LogP contribution is -2.50. The lowest BCUT2D eigenvalue weighted by atomic mass is 9.83. The molecule has 20 heavy (non-hydrogen) atoms. The Balaban J connectivity index is 2.83. The first-order valence-corrected chi connectivity index (χ1v) is 6.87. The van der Waals surface area contributed by atoms with Gasteiger partial charge < -0.3 is 15.5 Å². The highest BCUT2D eigenvalue weighted by atomic mass is 79.9. The molecule has 0 radical (unpaired) electrons. The predicted molar refractivity (Wildman–Crippen MR) is 78.4 cm³/mol. The van der Waals surface area contributed by atoms with Gasteiger partial charge in [0.25, 0.3) is 0 Å². The van der Waals surface area contributed by atoms with Crippen molar-refractivity contribution in [2.24, 2.45) is 0 Å². The van der Waals surface area contributed by atoms with E-state index in [4.69, 9.17) is 5.11 Å². The first-order chi connectivity index (χ1) is 9.07. The average molecular weight is 344 g/mol. The van der Waals surface area contributed by atoms with Crippen molar-refractivity contribution < 1.29 is 19.8 Å². The van der Waals surface area contributed by atoms with Crippen LogP contribution in [-0.2, 0) is 15.0 Å². The van der Waals surface area contributed by atoms with E-state index in [1.807, 2.05) is 24.3 Å². The fourth-order valence-electron chi connectivity index (χ4n) is 1.56. The molecule has 1 unspecified atom stereocenters. The maximum atomic E-state index is 12.2. The molecule has 0 aromatic heterocycles. The van der Waals surface area contributed by atoms with Crippen LogP contribution in [0.4, 0.5) is 0 Å². The molecule has 6 heteroatoms. The van der Waals surface area contributed by atoms with Crippen LogP contribution >= 0.6 is 15.9 Å². The van der Waals surface area contributed by atoms with Gasteiger partial charge in [-0.05, 0) is 38.5 Å². The number of rotatable bonds is 5. The fraction of sp³-hybridized carbons (Fsp3) is 0.429. The van der Waals surface area contributed by atoms with Gasteiger partial charge in [-0.3, -0.25) is 4.79 Å². The summed E-state index contributed by atoms with van der Waals surface area (Å²) in [5, 5.41) is 20.9. The summed E-state index contributed by atoms with van der Waals surface area (Å²) in [4.78, 5) is 23.0. The van der Waals surface area contributed by atoms with E-state index in [0.717, 1.165) is 17.0 Å². The summed E-state index contributed by atoms with van der Waals surface area (Å²) in [6.07, 6.45) is 0. The topological polar surface area (TPSA) is 86.6 Å². The van der Waals surface area contributed by atoms with Crippen LogP contribution in [-0.4, -0.2) is 34.2 Å². The van der Waals surface area contributed by atoms with E-state index >= 15 is 0 Å². The van der Waals surface area contributed by atoms with Crippen LogP contribution in [0, 0.1) is 0 Å². The van der Waals surface area contributed by atoms with Crippen LogP contribution in [0.15, 0.2) is 28.7 Å². The van der Waals surface area contributed by atoms with E-state index in [1.165, 1.54) is 0 Å². The zero-order valence-electron chi connectivity index (χ0n) is 11.6. The number of carbonyl (C=O) groups excluding carboxylic acids is 1. The SMILES string of the molecule is CC(O)(CNC(=O)C(C)(C)c1cccc(Br)c1)C(=O)O. The van der Waals surface area contributed by atoms with E-state index in [2.05, 4.69) is 21.2 Å². The van der Waals surface area contributed by atoms with E-state index in [0.29, 0.717) is 0 Å². The number of aliphatic hydroxyl groups is 1. The Hall–Kier alpha value is -1.40. The molecule has 1 aromatic rings. The number of carbonyl (C=O) groups is 2. The van der Waals surface area contributed by atoms with Crippen molar-refractivity contribution in [1.82, 2.24) is 5.32 Å². The number of hydrogen-bond donors (Lipinski definition) is 3. The number of hydrogen-bond acceptors (Lipinski definition) is 3.